The van der Waals surface area contributed by atoms with Crippen molar-refractivity contribution in [3.05, 3.63) is 40.4 Å². The zero-order chi connectivity index (χ0) is 18.8. The zero-order valence-corrected chi connectivity index (χ0v) is 15.9. The highest BCUT2D eigenvalue weighted by molar-refractivity contribution is 7.15. The first-order valence-electron chi connectivity index (χ1n) is 8.98. The number of carbonyl (C=O) groups excluding carboxylic acids is 2. The highest BCUT2D eigenvalue weighted by Gasteiger charge is 2.27. The third kappa shape index (κ3) is 3.81. The maximum Gasteiger partial charge on any atom is 0.255 e. The third-order valence-electron chi connectivity index (χ3n) is 4.81. The van der Waals surface area contributed by atoms with Crippen LogP contribution in [-0.4, -0.2) is 48.1 Å². The third-order valence-corrected chi connectivity index (χ3v) is 5.81. The van der Waals surface area contributed by atoms with Crippen LogP contribution in [0.25, 0.3) is 0 Å². The van der Waals surface area contributed by atoms with E-state index in [4.69, 9.17) is 9.47 Å². The Hall–Kier alpha value is -2.45. The van der Waals surface area contributed by atoms with Crippen LogP contribution in [0.4, 0.5) is 5.13 Å². The zero-order valence-electron chi connectivity index (χ0n) is 15.1. The summed E-state index contributed by atoms with van der Waals surface area (Å²) in [4.78, 5) is 32.3. The largest absolute Gasteiger partial charge is 0.497 e. The Balaban J connectivity index is 1.42. The molecule has 0 aliphatic carbocycles. The minimum atomic E-state index is -0.376. The molecule has 0 bridgehead atoms. The van der Waals surface area contributed by atoms with Crippen molar-refractivity contribution < 1.29 is 19.1 Å². The lowest BCUT2D eigenvalue weighted by molar-refractivity contribution is -0.124. The summed E-state index contributed by atoms with van der Waals surface area (Å²) in [6, 6.07) is 7.12. The van der Waals surface area contributed by atoms with Crippen molar-refractivity contribution >= 4 is 28.3 Å². The summed E-state index contributed by atoms with van der Waals surface area (Å²) >= 11 is 1.43. The Morgan fingerprint density at radius 3 is 2.85 bits per heavy atom. The van der Waals surface area contributed by atoms with Gasteiger partial charge in [0, 0.05) is 30.0 Å². The van der Waals surface area contributed by atoms with Gasteiger partial charge < -0.3 is 14.4 Å². The molecule has 142 valence electrons. The van der Waals surface area contributed by atoms with E-state index < -0.39 is 0 Å². The summed E-state index contributed by atoms with van der Waals surface area (Å²) in [5.74, 6) is 0.577. The molecule has 1 atom stereocenters. The molecule has 0 spiro atoms. The second kappa shape index (κ2) is 7.66. The van der Waals surface area contributed by atoms with E-state index in [9.17, 15) is 9.59 Å². The lowest BCUT2D eigenvalue weighted by atomic mass is 10.1. The molecule has 27 heavy (non-hydrogen) atoms. The van der Waals surface area contributed by atoms with Gasteiger partial charge in [0.2, 0.25) is 0 Å². The Morgan fingerprint density at radius 2 is 2.15 bits per heavy atom. The summed E-state index contributed by atoms with van der Waals surface area (Å²) < 4.78 is 10.5. The second-order valence-corrected chi connectivity index (χ2v) is 7.67. The van der Waals surface area contributed by atoms with Crippen molar-refractivity contribution in [3.8, 4) is 5.75 Å². The van der Waals surface area contributed by atoms with Crippen LogP contribution in [0.15, 0.2) is 24.3 Å². The Kier molecular flexibility index (Phi) is 5.09. The standard InChI is InChI=1S/C19H21N3O4S/c1-25-13-6-4-12(5-7-13)18(24)22-9-8-14-16(11-22)27-19(20-14)21-17(23)15-3-2-10-26-15/h4-7,15H,2-3,8-11H2,1H3,(H,20,21,23). The maximum atomic E-state index is 12.8. The van der Waals surface area contributed by atoms with E-state index in [1.165, 1.54) is 11.3 Å². The van der Waals surface area contributed by atoms with Gasteiger partial charge in [0.05, 0.1) is 19.3 Å². The lowest BCUT2D eigenvalue weighted by Gasteiger charge is -2.26. The average Bonchev–Trinajstić information content (AvgIpc) is 3.36. The van der Waals surface area contributed by atoms with E-state index in [0.29, 0.717) is 36.8 Å². The van der Waals surface area contributed by atoms with Crippen LogP contribution in [0.5, 0.6) is 5.75 Å². The maximum absolute atomic E-state index is 12.8. The molecule has 2 aromatic rings. The molecule has 3 heterocycles. The molecule has 7 nitrogen and oxygen atoms in total. The number of nitrogens with one attached hydrogen (secondary N) is 1. The summed E-state index contributed by atoms with van der Waals surface area (Å²) in [6.07, 6.45) is 1.97. The number of rotatable bonds is 4. The van der Waals surface area contributed by atoms with Gasteiger partial charge in [0.25, 0.3) is 11.8 Å². The van der Waals surface area contributed by atoms with E-state index in [2.05, 4.69) is 10.3 Å². The molecule has 2 amide bonds. The Bertz CT molecular complexity index is 843. The number of methoxy groups -OCH3 is 1. The van der Waals surface area contributed by atoms with Gasteiger partial charge in [0.15, 0.2) is 5.13 Å². The van der Waals surface area contributed by atoms with Crippen LogP contribution in [0.2, 0.25) is 0 Å². The van der Waals surface area contributed by atoms with Gasteiger partial charge in [-0.2, -0.15) is 0 Å². The predicted octanol–water partition coefficient (Wildman–Crippen LogP) is 2.47. The number of hydrogen-bond donors (Lipinski definition) is 1. The molecule has 1 N–H and O–H groups in total. The molecule has 2 aliphatic rings. The van der Waals surface area contributed by atoms with E-state index in [1.807, 2.05) is 4.90 Å². The van der Waals surface area contributed by atoms with Crippen LogP contribution < -0.4 is 10.1 Å². The number of carbonyl (C=O) groups is 2. The summed E-state index contributed by atoms with van der Waals surface area (Å²) in [6.45, 7) is 1.75. The predicted molar refractivity (Wildman–Crippen MR) is 101 cm³/mol. The minimum absolute atomic E-state index is 0.0124. The molecule has 1 aromatic heterocycles. The number of amides is 2. The SMILES string of the molecule is COc1ccc(C(=O)N2CCc3nc(NC(=O)C4CCCO4)sc3C2)cc1. The van der Waals surface area contributed by atoms with Gasteiger partial charge in [-0.3, -0.25) is 14.9 Å². The number of ether oxygens (including phenoxy) is 2. The molecule has 4 rings (SSSR count). The van der Waals surface area contributed by atoms with Gasteiger partial charge in [-0.15, -0.1) is 0 Å². The summed E-state index contributed by atoms with van der Waals surface area (Å²) in [5, 5.41) is 3.44. The van der Waals surface area contributed by atoms with Crippen molar-refractivity contribution in [2.24, 2.45) is 0 Å². The Labute approximate surface area is 161 Å². The molecule has 1 saturated heterocycles. The van der Waals surface area contributed by atoms with Crippen LogP contribution in [0.3, 0.4) is 0 Å². The number of anilines is 1. The van der Waals surface area contributed by atoms with E-state index >= 15 is 0 Å². The van der Waals surface area contributed by atoms with Crippen molar-refractivity contribution in [1.29, 1.82) is 0 Å². The molecule has 2 aliphatic heterocycles. The molecule has 0 radical (unpaired) electrons. The minimum Gasteiger partial charge on any atom is -0.497 e. The van der Waals surface area contributed by atoms with Crippen LogP contribution in [0.1, 0.15) is 33.8 Å². The first kappa shape index (κ1) is 17.9. The molecule has 1 fully saturated rings. The normalized spacial score (nSPS) is 18.9. The smallest absolute Gasteiger partial charge is 0.255 e. The van der Waals surface area contributed by atoms with Gasteiger partial charge in [-0.05, 0) is 37.1 Å². The van der Waals surface area contributed by atoms with Crippen molar-refractivity contribution in [1.82, 2.24) is 9.88 Å². The number of aromatic nitrogens is 1. The van der Waals surface area contributed by atoms with E-state index in [1.54, 1.807) is 31.4 Å². The molecule has 0 saturated carbocycles. The molecule has 8 heteroatoms. The molecular weight excluding hydrogens is 366 g/mol. The van der Waals surface area contributed by atoms with Gasteiger partial charge in [-0.25, -0.2) is 4.98 Å². The quantitative estimate of drug-likeness (QED) is 0.872. The number of benzene rings is 1. The van der Waals surface area contributed by atoms with E-state index in [0.717, 1.165) is 29.2 Å². The highest BCUT2D eigenvalue weighted by Crippen LogP contribution is 2.29. The van der Waals surface area contributed by atoms with Crippen LogP contribution in [0, 0.1) is 0 Å². The number of fused-ring (bicyclic) bond motifs is 1. The number of nitrogens with zero attached hydrogens (tertiary/aromatic N) is 2. The number of hydrogen-bond acceptors (Lipinski definition) is 6. The van der Waals surface area contributed by atoms with Gasteiger partial charge >= 0.3 is 0 Å². The van der Waals surface area contributed by atoms with Crippen molar-refractivity contribution in [2.45, 2.75) is 31.9 Å². The fraction of sp³-hybridized carbons (Fsp3) is 0.421. The summed E-state index contributed by atoms with van der Waals surface area (Å²) in [5.41, 5.74) is 1.59. The van der Waals surface area contributed by atoms with Crippen LogP contribution in [-0.2, 0) is 22.5 Å². The van der Waals surface area contributed by atoms with Gasteiger partial charge in [0.1, 0.15) is 11.9 Å². The monoisotopic (exact) mass is 387 g/mol. The van der Waals surface area contributed by atoms with Crippen LogP contribution >= 0.6 is 11.3 Å². The number of thiazole rings is 1. The molecule has 1 unspecified atom stereocenters. The Morgan fingerprint density at radius 1 is 1.33 bits per heavy atom. The van der Waals surface area contributed by atoms with E-state index in [-0.39, 0.29) is 17.9 Å². The lowest BCUT2D eigenvalue weighted by Crippen LogP contribution is -2.35. The highest BCUT2D eigenvalue weighted by atomic mass is 32.1. The van der Waals surface area contributed by atoms with Crippen molar-refractivity contribution in [3.63, 3.8) is 0 Å². The second-order valence-electron chi connectivity index (χ2n) is 6.59. The molecule has 1 aromatic carbocycles. The average molecular weight is 387 g/mol. The summed E-state index contributed by atoms with van der Waals surface area (Å²) in [7, 11) is 1.60. The fourth-order valence-electron chi connectivity index (χ4n) is 3.31. The van der Waals surface area contributed by atoms with Crippen molar-refractivity contribution in [2.75, 3.05) is 25.6 Å². The van der Waals surface area contributed by atoms with Gasteiger partial charge in [-0.1, -0.05) is 11.3 Å². The first-order valence-corrected chi connectivity index (χ1v) is 9.80. The first-order chi connectivity index (χ1) is 13.1. The fourth-order valence-corrected chi connectivity index (χ4v) is 4.34. The topological polar surface area (TPSA) is 80.8 Å². The molecular formula is C19H21N3O4S.